The van der Waals surface area contributed by atoms with E-state index in [0.29, 0.717) is 12.1 Å². The highest BCUT2D eigenvalue weighted by Gasteiger charge is 2.47. The molecule has 1 heterocycles. The molecule has 1 fully saturated rings. The summed E-state index contributed by atoms with van der Waals surface area (Å²) in [7, 11) is 0. The summed E-state index contributed by atoms with van der Waals surface area (Å²) in [4.78, 5) is 26.6. The Balaban J connectivity index is 1.81. The third-order valence-electron chi connectivity index (χ3n) is 4.24. The Hall–Kier alpha value is -1.98. The van der Waals surface area contributed by atoms with Gasteiger partial charge in [-0.05, 0) is 48.2 Å². The molecule has 1 saturated heterocycles. The number of β-lactam (4-membered cyclic amide) rings is 1. The molecule has 0 saturated carbocycles. The number of amides is 2. The number of thioether (sulfide) groups is 1. The van der Waals surface area contributed by atoms with Crippen LogP contribution < -0.4 is 10.2 Å². The average molecular weight is 375 g/mol. The summed E-state index contributed by atoms with van der Waals surface area (Å²) in [6, 6.07) is 15.2. The van der Waals surface area contributed by atoms with Gasteiger partial charge in [0.2, 0.25) is 11.8 Å². The molecule has 25 heavy (non-hydrogen) atoms. The zero-order chi connectivity index (χ0) is 18.0. The minimum absolute atomic E-state index is 0.0413. The molecule has 130 valence electrons. The summed E-state index contributed by atoms with van der Waals surface area (Å²) in [5.74, 6) is -0.147. The summed E-state index contributed by atoms with van der Waals surface area (Å²) in [5, 5.41) is 2.24. The van der Waals surface area contributed by atoms with Gasteiger partial charge in [0.25, 0.3) is 0 Å². The first-order valence-corrected chi connectivity index (χ1v) is 9.72. The lowest BCUT2D eigenvalue weighted by atomic mass is 9.92. The average Bonchev–Trinajstić information content (AvgIpc) is 2.66. The zero-order valence-corrected chi connectivity index (χ0v) is 15.6. The summed E-state index contributed by atoms with van der Waals surface area (Å²) < 4.78 is 0. The van der Waals surface area contributed by atoms with Crippen LogP contribution in [0.1, 0.15) is 24.9 Å². The molecule has 2 amide bonds. The van der Waals surface area contributed by atoms with E-state index >= 15 is 0 Å². The minimum atomic E-state index is -0.556. The van der Waals surface area contributed by atoms with Gasteiger partial charge in [0.05, 0.1) is 6.04 Å². The molecule has 1 N–H and O–H groups in total. The van der Waals surface area contributed by atoms with Crippen molar-refractivity contribution in [3.63, 3.8) is 0 Å². The van der Waals surface area contributed by atoms with Crippen LogP contribution in [0.4, 0.5) is 11.4 Å². The first-order chi connectivity index (χ1) is 12.0. The van der Waals surface area contributed by atoms with Crippen LogP contribution in [-0.2, 0) is 9.59 Å². The highest BCUT2D eigenvalue weighted by Crippen LogP contribution is 2.42. The number of hydrogen-bond donors (Lipinski definition) is 1. The highest BCUT2D eigenvalue weighted by atomic mass is 35.5. The van der Waals surface area contributed by atoms with Crippen LogP contribution in [0.3, 0.4) is 0 Å². The molecule has 0 aliphatic carbocycles. The monoisotopic (exact) mass is 374 g/mol. The first-order valence-electron chi connectivity index (χ1n) is 8.06. The van der Waals surface area contributed by atoms with Gasteiger partial charge in [-0.15, -0.1) is 23.4 Å². The van der Waals surface area contributed by atoms with E-state index in [0.717, 1.165) is 11.3 Å². The number of alkyl halides is 1. The van der Waals surface area contributed by atoms with Gasteiger partial charge >= 0.3 is 0 Å². The molecule has 1 aliphatic rings. The number of nitrogens with zero attached hydrogens (tertiary/aromatic N) is 1. The normalized spacial score (nSPS) is 19.5. The largest absolute Gasteiger partial charge is 0.326 e. The van der Waals surface area contributed by atoms with E-state index in [2.05, 4.69) is 5.32 Å². The molecule has 0 spiro atoms. The van der Waals surface area contributed by atoms with Gasteiger partial charge in [0.15, 0.2) is 0 Å². The van der Waals surface area contributed by atoms with Crippen LogP contribution in [0.15, 0.2) is 53.4 Å². The lowest BCUT2D eigenvalue weighted by Gasteiger charge is -2.44. The first kappa shape index (κ1) is 17.8. The van der Waals surface area contributed by atoms with Gasteiger partial charge < -0.3 is 10.2 Å². The van der Waals surface area contributed by atoms with E-state index in [1.54, 1.807) is 35.7 Å². The topological polar surface area (TPSA) is 49.4 Å². The molecule has 0 bridgehead atoms. The smallest absolute Gasteiger partial charge is 0.248 e. The highest BCUT2D eigenvalue weighted by molar-refractivity contribution is 7.98. The van der Waals surface area contributed by atoms with Crippen LogP contribution in [0.2, 0.25) is 0 Å². The van der Waals surface area contributed by atoms with Gasteiger partial charge in [-0.25, -0.2) is 0 Å². The van der Waals surface area contributed by atoms with Crippen molar-refractivity contribution in [2.24, 2.45) is 0 Å². The molecule has 2 unspecified atom stereocenters. The van der Waals surface area contributed by atoms with Crippen molar-refractivity contribution in [2.45, 2.75) is 29.7 Å². The Kier molecular flexibility index (Phi) is 5.35. The fourth-order valence-corrected chi connectivity index (χ4v) is 3.59. The second-order valence-electron chi connectivity index (χ2n) is 5.78. The third-order valence-corrected chi connectivity index (χ3v) is 5.41. The number of benzene rings is 2. The molecule has 4 nitrogen and oxygen atoms in total. The third kappa shape index (κ3) is 3.53. The fraction of sp³-hybridized carbons (Fsp3) is 0.263. The lowest BCUT2D eigenvalue weighted by molar-refractivity contribution is -0.123. The summed E-state index contributed by atoms with van der Waals surface area (Å²) >= 11 is 7.96. The van der Waals surface area contributed by atoms with Crippen LogP contribution in [0, 0.1) is 0 Å². The Morgan fingerprint density at radius 3 is 2.36 bits per heavy atom. The van der Waals surface area contributed by atoms with Crippen molar-refractivity contribution in [1.82, 2.24) is 0 Å². The maximum absolute atomic E-state index is 12.3. The maximum atomic E-state index is 12.3. The number of nitrogens with one attached hydrogen (secondary N) is 1. The number of carbonyl (C=O) groups excluding carboxylic acids is 2. The number of halogens is 1. The van der Waals surface area contributed by atoms with Crippen LogP contribution >= 0.6 is 23.4 Å². The van der Waals surface area contributed by atoms with Crippen molar-refractivity contribution < 1.29 is 9.59 Å². The molecule has 0 radical (unpaired) electrons. The number of anilines is 2. The van der Waals surface area contributed by atoms with Crippen molar-refractivity contribution in [3.05, 3.63) is 54.1 Å². The lowest BCUT2D eigenvalue weighted by Crippen LogP contribution is -2.56. The van der Waals surface area contributed by atoms with Crippen LogP contribution in [0.5, 0.6) is 0 Å². The number of rotatable bonds is 5. The molecule has 1 aliphatic heterocycles. The molecule has 6 heteroatoms. The van der Waals surface area contributed by atoms with Crippen LogP contribution in [-0.4, -0.2) is 23.4 Å². The van der Waals surface area contributed by atoms with Gasteiger partial charge in [-0.1, -0.05) is 19.1 Å². The number of carbonyl (C=O) groups is 2. The molecule has 2 aromatic carbocycles. The second-order valence-corrected chi connectivity index (χ2v) is 7.13. The Labute approximate surface area is 156 Å². The van der Waals surface area contributed by atoms with Crippen molar-refractivity contribution in [1.29, 1.82) is 0 Å². The summed E-state index contributed by atoms with van der Waals surface area (Å²) in [6.45, 7) is 1.80. The quantitative estimate of drug-likeness (QED) is 0.477. The van der Waals surface area contributed by atoms with E-state index in [-0.39, 0.29) is 17.9 Å². The zero-order valence-electron chi connectivity index (χ0n) is 14.0. The Morgan fingerprint density at radius 1 is 1.16 bits per heavy atom. The molecular formula is C19H19ClN2O2S. The van der Waals surface area contributed by atoms with Gasteiger partial charge in [0, 0.05) is 22.7 Å². The van der Waals surface area contributed by atoms with Gasteiger partial charge in [0.1, 0.15) is 5.38 Å². The van der Waals surface area contributed by atoms with E-state index < -0.39 is 5.38 Å². The fourth-order valence-electron chi connectivity index (χ4n) is 2.82. The number of hydrogen-bond acceptors (Lipinski definition) is 3. The molecule has 2 atom stereocenters. The van der Waals surface area contributed by atoms with Gasteiger partial charge in [-0.3, -0.25) is 9.59 Å². The second kappa shape index (κ2) is 7.50. The Morgan fingerprint density at radius 2 is 1.80 bits per heavy atom. The maximum Gasteiger partial charge on any atom is 0.248 e. The summed E-state index contributed by atoms with van der Waals surface area (Å²) in [6.07, 6.45) is 2.45. The van der Waals surface area contributed by atoms with E-state index in [1.807, 2.05) is 42.7 Å². The predicted molar refractivity (Wildman–Crippen MR) is 103 cm³/mol. The minimum Gasteiger partial charge on any atom is -0.326 e. The summed E-state index contributed by atoms with van der Waals surface area (Å²) in [5.41, 5.74) is 2.50. The molecule has 3 rings (SSSR count). The Bertz CT molecular complexity index is 777. The standard InChI is InChI=1S/C19H19ClN2O2S/c1-3-16(23)21-13-6-8-14(9-7-13)22-18(17(20)19(22)24)12-4-10-15(25-2)11-5-12/h4-11,17-18H,3H2,1-2H3,(H,21,23). The predicted octanol–water partition coefficient (Wildman–Crippen LogP) is 4.45. The van der Waals surface area contributed by atoms with Crippen molar-refractivity contribution >= 4 is 46.6 Å². The molecule has 0 aromatic heterocycles. The van der Waals surface area contributed by atoms with E-state index in [1.165, 1.54) is 4.90 Å². The molecular weight excluding hydrogens is 356 g/mol. The van der Waals surface area contributed by atoms with E-state index in [9.17, 15) is 9.59 Å². The van der Waals surface area contributed by atoms with Crippen molar-refractivity contribution in [2.75, 3.05) is 16.5 Å². The van der Waals surface area contributed by atoms with E-state index in [4.69, 9.17) is 11.6 Å². The SMILES string of the molecule is CCC(=O)Nc1ccc(N2C(=O)C(Cl)C2c2ccc(SC)cc2)cc1. The van der Waals surface area contributed by atoms with Crippen molar-refractivity contribution in [3.8, 4) is 0 Å². The van der Waals surface area contributed by atoms with Crippen LogP contribution in [0.25, 0.3) is 0 Å². The molecule has 2 aromatic rings. The van der Waals surface area contributed by atoms with Gasteiger partial charge in [-0.2, -0.15) is 0 Å².